The minimum Gasteiger partial charge on any atom is -0.310 e. The predicted molar refractivity (Wildman–Crippen MR) is 220 cm³/mol. The van der Waals surface area contributed by atoms with E-state index in [0.717, 1.165) is 17.1 Å². The van der Waals surface area contributed by atoms with Crippen molar-refractivity contribution in [2.24, 2.45) is 0 Å². The van der Waals surface area contributed by atoms with Crippen LogP contribution < -0.4 is 4.90 Å². The third-order valence-electron chi connectivity index (χ3n) is 10.9. The van der Waals surface area contributed by atoms with Gasteiger partial charge in [-0.15, -0.1) is 11.3 Å². The topological polar surface area (TPSA) is 3.24 Å². The quantitative estimate of drug-likeness (QED) is 0.176. The Bertz CT molecular complexity index is 2790. The van der Waals surface area contributed by atoms with Gasteiger partial charge in [-0.25, -0.2) is 0 Å². The van der Waals surface area contributed by atoms with E-state index in [-0.39, 0.29) is 5.41 Å². The molecule has 0 unspecified atom stereocenters. The van der Waals surface area contributed by atoms with Crippen molar-refractivity contribution in [3.05, 3.63) is 187 Å². The van der Waals surface area contributed by atoms with Crippen LogP contribution in [-0.4, -0.2) is 0 Å². The Morgan fingerprint density at radius 2 is 1.14 bits per heavy atom. The molecule has 2 heteroatoms. The van der Waals surface area contributed by atoms with Gasteiger partial charge in [-0.2, -0.15) is 0 Å². The summed E-state index contributed by atoms with van der Waals surface area (Å²) in [4.78, 5) is 2.49. The van der Waals surface area contributed by atoms with Gasteiger partial charge in [-0.1, -0.05) is 141 Å². The Morgan fingerprint density at radius 1 is 0.431 bits per heavy atom. The molecule has 9 aromatic rings. The van der Waals surface area contributed by atoms with Crippen molar-refractivity contribution in [1.82, 2.24) is 0 Å². The lowest BCUT2D eigenvalue weighted by Crippen LogP contribution is -2.17. The SMILES string of the molecule is CC1(C)c2ccccc2-c2ccc(N(c3cccc(-c4ccccc4)c3)c3ccc4ccccc4c3-c3ccc4sc5ccccc5c4c3)cc21. The number of benzene rings is 8. The molecule has 1 heterocycles. The summed E-state index contributed by atoms with van der Waals surface area (Å²) in [5.41, 5.74) is 13.6. The van der Waals surface area contributed by atoms with Crippen LogP contribution in [0.1, 0.15) is 25.0 Å². The average Bonchev–Trinajstić information content (AvgIpc) is 3.66. The van der Waals surface area contributed by atoms with E-state index in [1.165, 1.54) is 75.5 Å². The first-order valence-corrected chi connectivity index (χ1v) is 18.5. The highest BCUT2D eigenvalue weighted by atomic mass is 32.1. The molecule has 0 amide bonds. The predicted octanol–water partition coefficient (Wildman–Crippen LogP) is 14.3. The molecule has 1 aromatic heterocycles. The van der Waals surface area contributed by atoms with Gasteiger partial charge >= 0.3 is 0 Å². The van der Waals surface area contributed by atoms with Gasteiger partial charge in [-0.3, -0.25) is 0 Å². The molecule has 0 N–H and O–H groups in total. The molecular formula is C49H35NS. The molecule has 0 saturated heterocycles. The molecule has 0 fully saturated rings. The van der Waals surface area contributed by atoms with Crippen LogP contribution in [0.15, 0.2) is 176 Å². The van der Waals surface area contributed by atoms with Crippen LogP contribution in [0.25, 0.3) is 64.3 Å². The molecule has 1 nitrogen and oxygen atoms in total. The molecule has 242 valence electrons. The number of thiophene rings is 1. The largest absolute Gasteiger partial charge is 0.310 e. The zero-order valence-electron chi connectivity index (χ0n) is 28.6. The highest BCUT2D eigenvalue weighted by Crippen LogP contribution is 2.52. The molecule has 0 bridgehead atoms. The summed E-state index contributed by atoms with van der Waals surface area (Å²) in [7, 11) is 0. The maximum Gasteiger partial charge on any atom is 0.0546 e. The summed E-state index contributed by atoms with van der Waals surface area (Å²) in [6, 6.07) is 65.0. The zero-order chi connectivity index (χ0) is 34.1. The van der Waals surface area contributed by atoms with E-state index in [4.69, 9.17) is 0 Å². The third-order valence-corrected chi connectivity index (χ3v) is 12.0. The van der Waals surface area contributed by atoms with Crippen molar-refractivity contribution in [2.45, 2.75) is 19.3 Å². The molecule has 51 heavy (non-hydrogen) atoms. The molecule has 10 rings (SSSR count). The van der Waals surface area contributed by atoms with Crippen molar-refractivity contribution in [2.75, 3.05) is 4.90 Å². The number of hydrogen-bond donors (Lipinski definition) is 0. The van der Waals surface area contributed by atoms with E-state index in [9.17, 15) is 0 Å². The Morgan fingerprint density at radius 3 is 2.04 bits per heavy atom. The first-order valence-electron chi connectivity index (χ1n) is 17.7. The van der Waals surface area contributed by atoms with Gasteiger partial charge in [0.1, 0.15) is 0 Å². The van der Waals surface area contributed by atoms with Crippen LogP contribution in [0.2, 0.25) is 0 Å². The standard InChI is InChI=1S/C49H35NS/c1-49(2)43-21-10-8-19-39(43)40-26-25-37(31-44(40)49)50(36-17-12-16-34(29-36)32-13-4-3-5-14-32)45-27-23-33-15-6-7-18-38(33)48(45)35-24-28-47-42(30-35)41-20-9-11-22-46(41)51-47/h3-31H,1-2H3. The fraction of sp³-hybridized carbons (Fsp3) is 0.0612. The van der Waals surface area contributed by atoms with Crippen molar-refractivity contribution >= 4 is 59.3 Å². The lowest BCUT2D eigenvalue weighted by Gasteiger charge is -2.30. The second-order valence-electron chi connectivity index (χ2n) is 14.1. The molecule has 1 aliphatic carbocycles. The fourth-order valence-corrected chi connectivity index (χ4v) is 9.43. The molecule has 0 atom stereocenters. The van der Waals surface area contributed by atoms with Gasteiger partial charge < -0.3 is 4.90 Å². The number of nitrogens with zero attached hydrogens (tertiary/aromatic N) is 1. The van der Waals surface area contributed by atoms with E-state index < -0.39 is 0 Å². The maximum atomic E-state index is 2.49. The molecule has 1 aliphatic rings. The molecule has 0 radical (unpaired) electrons. The minimum absolute atomic E-state index is 0.114. The maximum absolute atomic E-state index is 2.49. The lowest BCUT2D eigenvalue weighted by molar-refractivity contribution is 0.660. The summed E-state index contributed by atoms with van der Waals surface area (Å²) in [5.74, 6) is 0. The van der Waals surface area contributed by atoms with E-state index in [1.54, 1.807) is 0 Å². The molecule has 0 saturated carbocycles. The van der Waals surface area contributed by atoms with E-state index in [0.29, 0.717) is 0 Å². The van der Waals surface area contributed by atoms with Gasteiger partial charge in [0.05, 0.1) is 5.69 Å². The molecule has 0 spiro atoms. The average molecular weight is 670 g/mol. The summed E-state index contributed by atoms with van der Waals surface area (Å²) in [6.45, 7) is 4.73. The number of hydrogen-bond acceptors (Lipinski definition) is 2. The summed E-state index contributed by atoms with van der Waals surface area (Å²) >= 11 is 1.87. The van der Waals surface area contributed by atoms with Crippen LogP contribution in [-0.2, 0) is 5.41 Å². The Labute approximate surface area is 302 Å². The van der Waals surface area contributed by atoms with Gasteiger partial charge in [0.15, 0.2) is 0 Å². The number of anilines is 3. The van der Waals surface area contributed by atoms with Crippen LogP contribution in [0.4, 0.5) is 17.1 Å². The number of rotatable bonds is 5. The molecule has 8 aromatic carbocycles. The third kappa shape index (κ3) is 4.75. The lowest BCUT2D eigenvalue weighted by atomic mass is 9.82. The summed E-state index contributed by atoms with van der Waals surface area (Å²) in [6.07, 6.45) is 0. The number of fused-ring (bicyclic) bond motifs is 7. The fourth-order valence-electron chi connectivity index (χ4n) is 8.35. The van der Waals surface area contributed by atoms with Crippen molar-refractivity contribution in [3.8, 4) is 33.4 Å². The smallest absolute Gasteiger partial charge is 0.0546 e. The van der Waals surface area contributed by atoms with E-state index in [2.05, 4.69) is 195 Å². The van der Waals surface area contributed by atoms with Gasteiger partial charge in [0.2, 0.25) is 0 Å². The van der Waals surface area contributed by atoms with Crippen molar-refractivity contribution < 1.29 is 0 Å². The van der Waals surface area contributed by atoms with E-state index >= 15 is 0 Å². The molecular weight excluding hydrogens is 635 g/mol. The Balaban J connectivity index is 1.26. The van der Waals surface area contributed by atoms with Gasteiger partial charge in [0, 0.05) is 42.5 Å². The normalized spacial score (nSPS) is 13.1. The van der Waals surface area contributed by atoms with Crippen LogP contribution in [0, 0.1) is 0 Å². The second kappa shape index (κ2) is 11.6. The van der Waals surface area contributed by atoms with Gasteiger partial charge in [-0.05, 0) is 98.2 Å². The second-order valence-corrected chi connectivity index (χ2v) is 15.2. The van der Waals surface area contributed by atoms with Crippen molar-refractivity contribution in [1.29, 1.82) is 0 Å². The summed E-state index contributed by atoms with van der Waals surface area (Å²) in [5, 5.41) is 5.10. The van der Waals surface area contributed by atoms with Gasteiger partial charge in [0.25, 0.3) is 0 Å². The summed E-state index contributed by atoms with van der Waals surface area (Å²) < 4.78 is 2.64. The Kier molecular flexibility index (Phi) is 6.78. The monoisotopic (exact) mass is 669 g/mol. The van der Waals surface area contributed by atoms with E-state index in [1.807, 2.05) is 11.3 Å². The van der Waals surface area contributed by atoms with Crippen LogP contribution in [0.3, 0.4) is 0 Å². The first-order chi connectivity index (χ1) is 25.0. The Hall–Kier alpha value is -5.96. The van der Waals surface area contributed by atoms with Crippen LogP contribution >= 0.6 is 11.3 Å². The van der Waals surface area contributed by atoms with Crippen LogP contribution in [0.5, 0.6) is 0 Å². The highest BCUT2D eigenvalue weighted by molar-refractivity contribution is 7.25. The molecule has 0 aliphatic heterocycles. The highest BCUT2D eigenvalue weighted by Gasteiger charge is 2.36. The zero-order valence-corrected chi connectivity index (χ0v) is 29.4. The minimum atomic E-state index is -0.114. The first kappa shape index (κ1) is 29.9. The van der Waals surface area contributed by atoms with Crippen molar-refractivity contribution in [3.63, 3.8) is 0 Å².